The molecule has 2 nitrogen and oxygen atoms in total. The molecule has 0 spiro atoms. The Balaban J connectivity index is 2.01. The Labute approximate surface area is 115 Å². The van der Waals surface area contributed by atoms with Gasteiger partial charge in [-0.1, -0.05) is 23.7 Å². The van der Waals surface area contributed by atoms with Crippen LogP contribution >= 0.6 is 22.9 Å². The molecule has 0 aliphatic heterocycles. The number of benzene rings is 1. The molecular weight excluding hydrogens is 271 g/mol. The zero-order valence-electron chi connectivity index (χ0n) is 9.70. The molecule has 1 atom stereocenters. The summed E-state index contributed by atoms with van der Waals surface area (Å²) in [6.45, 7) is 0. The molecule has 0 saturated heterocycles. The zero-order chi connectivity index (χ0) is 13.0. The molecule has 0 aliphatic rings. The van der Waals surface area contributed by atoms with E-state index in [2.05, 4.69) is 5.43 Å². The smallest absolute Gasteiger partial charge is 0.123 e. The third-order valence-corrected chi connectivity index (χ3v) is 3.94. The summed E-state index contributed by atoms with van der Waals surface area (Å²) in [4.78, 5) is 1.17. The fourth-order valence-corrected chi connectivity index (χ4v) is 3.01. The average Bonchev–Trinajstić information content (AvgIpc) is 2.74. The van der Waals surface area contributed by atoms with Crippen LogP contribution in [-0.4, -0.2) is 6.04 Å². The molecule has 1 aromatic heterocycles. The molecule has 5 heteroatoms. The summed E-state index contributed by atoms with van der Waals surface area (Å²) >= 11 is 7.43. The van der Waals surface area contributed by atoms with Crippen LogP contribution in [0, 0.1) is 5.82 Å². The van der Waals surface area contributed by atoms with Crippen LogP contribution in [0.2, 0.25) is 4.34 Å². The first-order valence-corrected chi connectivity index (χ1v) is 6.81. The topological polar surface area (TPSA) is 38.0 Å². The molecule has 0 saturated carbocycles. The van der Waals surface area contributed by atoms with Crippen molar-refractivity contribution < 1.29 is 4.39 Å². The molecule has 0 bridgehead atoms. The summed E-state index contributed by atoms with van der Waals surface area (Å²) < 4.78 is 13.9. The molecule has 2 aromatic rings. The van der Waals surface area contributed by atoms with Gasteiger partial charge in [-0.05, 0) is 42.7 Å². The lowest BCUT2D eigenvalue weighted by Crippen LogP contribution is -2.38. The van der Waals surface area contributed by atoms with E-state index >= 15 is 0 Å². The van der Waals surface area contributed by atoms with Gasteiger partial charge in [-0.15, -0.1) is 11.3 Å². The van der Waals surface area contributed by atoms with E-state index in [0.29, 0.717) is 6.42 Å². The van der Waals surface area contributed by atoms with Gasteiger partial charge in [0.1, 0.15) is 5.82 Å². The van der Waals surface area contributed by atoms with E-state index < -0.39 is 0 Å². The number of rotatable bonds is 5. The first-order chi connectivity index (χ1) is 8.67. The quantitative estimate of drug-likeness (QED) is 0.654. The Kier molecular flexibility index (Phi) is 4.72. The third-order valence-electron chi connectivity index (χ3n) is 2.68. The van der Waals surface area contributed by atoms with Crippen molar-refractivity contribution in [1.82, 2.24) is 5.43 Å². The van der Waals surface area contributed by atoms with Gasteiger partial charge in [-0.25, -0.2) is 4.39 Å². The van der Waals surface area contributed by atoms with Crippen molar-refractivity contribution in [3.63, 3.8) is 0 Å². The van der Waals surface area contributed by atoms with Crippen LogP contribution in [0.15, 0.2) is 36.4 Å². The van der Waals surface area contributed by atoms with Gasteiger partial charge in [0, 0.05) is 10.9 Å². The van der Waals surface area contributed by atoms with Crippen LogP contribution in [0.4, 0.5) is 4.39 Å². The minimum atomic E-state index is -0.220. The van der Waals surface area contributed by atoms with E-state index in [0.717, 1.165) is 16.3 Å². The van der Waals surface area contributed by atoms with Crippen LogP contribution in [0.3, 0.4) is 0 Å². The Morgan fingerprint density at radius 3 is 2.72 bits per heavy atom. The maximum atomic E-state index is 13.1. The predicted octanol–water partition coefficient (Wildman–Crippen LogP) is 3.16. The van der Waals surface area contributed by atoms with Gasteiger partial charge in [0.05, 0.1) is 4.34 Å². The van der Waals surface area contributed by atoms with E-state index in [1.54, 1.807) is 17.4 Å². The number of hydrogen-bond donors (Lipinski definition) is 2. The lowest BCUT2D eigenvalue weighted by molar-refractivity contribution is 0.523. The molecule has 1 heterocycles. The van der Waals surface area contributed by atoms with E-state index in [1.807, 2.05) is 18.2 Å². The molecule has 0 radical (unpaired) electrons. The van der Waals surface area contributed by atoms with Gasteiger partial charge in [0.25, 0.3) is 0 Å². The standard InChI is InChI=1S/C13H14ClFN2S/c14-13-5-4-12(18-13)8-11(17-16)7-9-2-1-3-10(15)6-9/h1-6,11,17H,7-8,16H2. The zero-order valence-corrected chi connectivity index (χ0v) is 11.3. The number of nitrogens with one attached hydrogen (secondary N) is 1. The molecule has 0 fully saturated rings. The van der Waals surface area contributed by atoms with E-state index in [-0.39, 0.29) is 11.9 Å². The summed E-state index contributed by atoms with van der Waals surface area (Å²) in [5, 5.41) is 0. The SMILES string of the molecule is NNC(Cc1cccc(F)c1)Cc1ccc(Cl)s1. The van der Waals surface area contributed by atoms with Crippen LogP contribution in [0.25, 0.3) is 0 Å². The first-order valence-electron chi connectivity index (χ1n) is 5.62. The lowest BCUT2D eigenvalue weighted by atomic mass is 10.0. The summed E-state index contributed by atoms with van der Waals surface area (Å²) in [5.74, 6) is 5.32. The summed E-state index contributed by atoms with van der Waals surface area (Å²) in [6.07, 6.45) is 1.47. The minimum absolute atomic E-state index is 0.0708. The fourth-order valence-electron chi connectivity index (χ4n) is 1.84. The average molecular weight is 285 g/mol. The van der Waals surface area contributed by atoms with Crippen molar-refractivity contribution in [1.29, 1.82) is 0 Å². The summed E-state index contributed by atoms with van der Waals surface area (Å²) in [5.41, 5.74) is 3.70. The van der Waals surface area contributed by atoms with Crippen molar-refractivity contribution in [3.05, 3.63) is 57.0 Å². The second-order valence-electron chi connectivity index (χ2n) is 4.11. The van der Waals surface area contributed by atoms with Crippen LogP contribution < -0.4 is 11.3 Å². The van der Waals surface area contributed by atoms with Crippen molar-refractivity contribution >= 4 is 22.9 Å². The molecule has 1 unspecified atom stereocenters. The highest BCUT2D eigenvalue weighted by atomic mass is 35.5. The van der Waals surface area contributed by atoms with Crippen LogP contribution in [0.5, 0.6) is 0 Å². The van der Waals surface area contributed by atoms with Crippen molar-refractivity contribution in [2.75, 3.05) is 0 Å². The Hall–Kier alpha value is -0.940. The highest BCUT2D eigenvalue weighted by Gasteiger charge is 2.10. The molecule has 96 valence electrons. The highest BCUT2D eigenvalue weighted by molar-refractivity contribution is 7.16. The van der Waals surface area contributed by atoms with Gasteiger partial charge in [0.15, 0.2) is 0 Å². The van der Waals surface area contributed by atoms with Gasteiger partial charge < -0.3 is 0 Å². The second-order valence-corrected chi connectivity index (χ2v) is 5.91. The van der Waals surface area contributed by atoms with E-state index in [9.17, 15) is 4.39 Å². The lowest BCUT2D eigenvalue weighted by Gasteiger charge is -2.15. The van der Waals surface area contributed by atoms with Crippen molar-refractivity contribution in [3.8, 4) is 0 Å². The maximum Gasteiger partial charge on any atom is 0.123 e. The number of thiophene rings is 1. The van der Waals surface area contributed by atoms with Gasteiger partial charge in [-0.2, -0.15) is 0 Å². The van der Waals surface area contributed by atoms with Gasteiger partial charge in [0.2, 0.25) is 0 Å². The van der Waals surface area contributed by atoms with E-state index in [1.165, 1.54) is 17.0 Å². The van der Waals surface area contributed by atoms with Gasteiger partial charge in [-0.3, -0.25) is 11.3 Å². The Morgan fingerprint density at radius 1 is 1.28 bits per heavy atom. The second kappa shape index (κ2) is 6.29. The molecule has 3 N–H and O–H groups in total. The fraction of sp³-hybridized carbons (Fsp3) is 0.231. The molecular formula is C13H14ClFN2S. The Bertz CT molecular complexity index is 515. The van der Waals surface area contributed by atoms with E-state index in [4.69, 9.17) is 17.4 Å². The van der Waals surface area contributed by atoms with Crippen LogP contribution in [-0.2, 0) is 12.8 Å². The van der Waals surface area contributed by atoms with Crippen LogP contribution in [0.1, 0.15) is 10.4 Å². The Morgan fingerprint density at radius 2 is 2.11 bits per heavy atom. The largest absolute Gasteiger partial charge is 0.271 e. The molecule has 0 aliphatic carbocycles. The predicted molar refractivity (Wildman–Crippen MR) is 74.2 cm³/mol. The first kappa shape index (κ1) is 13.5. The molecule has 18 heavy (non-hydrogen) atoms. The number of hydrazine groups is 1. The van der Waals surface area contributed by atoms with Crippen molar-refractivity contribution in [2.45, 2.75) is 18.9 Å². The summed E-state index contributed by atoms with van der Waals surface area (Å²) in [6, 6.07) is 10.5. The monoisotopic (exact) mass is 284 g/mol. The van der Waals surface area contributed by atoms with Gasteiger partial charge >= 0.3 is 0 Å². The highest BCUT2D eigenvalue weighted by Crippen LogP contribution is 2.23. The molecule has 1 aromatic carbocycles. The molecule has 2 rings (SSSR count). The third kappa shape index (κ3) is 3.78. The number of hydrogen-bond acceptors (Lipinski definition) is 3. The number of halogens is 2. The normalized spacial score (nSPS) is 12.6. The number of nitrogens with two attached hydrogens (primary N) is 1. The maximum absolute atomic E-state index is 13.1. The van der Waals surface area contributed by atoms with Crippen molar-refractivity contribution in [2.24, 2.45) is 5.84 Å². The summed E-state index contributed by atoms with van der Waals surface area (Å²) in [7, 11) is 0. The molecule has 0 amide bonds. The minimum Gasteiger partial charge on any atom is -0.271 e.